The van der Waals surface area contributed by atoms with Crippen LogP contribution in [0.15, 0.2) is 39.6 Å². The zero-order valence-electron chi connectivity index (χ0n) is 9.89. The lowest BCUT2D eigenvalue weighted by Crippen LogP contribution is -1.92. The summed E-state index contributed by atoms with van der Waals surface area (Å²) < 4.78 is 5.25. The van der Waals surface area contributed by atoms with Crippen molar-refractivity contribution in [3.05, 3.63) is 51.9 Å². The van der Waals surface area contributed by atoms with Crippen LogP contribution in [0.4, 0.5) is 0 Å². The Bertz CT molecular complexity index is 610. The summed E-state index contributed by atoms with van der Waals surface area (Å²) in [6, 6.07) is 8.48. The molecule has 0 aliphatic rings. The van der Waals surface area contributed by atoms with Crippen LogP contribution in [-0.2, 0) is 0 Å². The molecule has 0 amide bonds. The van der Waals surface area contributed by atoms with Crippen LogP contribution in [-0.4, -0.2) is 11.1 Å². The molecule has 1 aromatic heterocycles. The van der Waals surface area contributed by atoms with E-state index >= 15 is 0 Å². The van der Waals surface area contributed by atoms with Crippen molar-refractivity contribution in [3.8, 4) is 0 Å². The number of aromatic carboxylic acids is 1. The van der Waals surface area contributed by atoms with Gasteiger partial charge in [-0.3, -0.25) is 0 Å². The van der Waals surface area contributed by atoms with Gasteiger partial charge in [-0.05, 0) is 31.2 Å². The molecule has 6 heteroatoms. The predicted molar refractivity (Wildman–Crippen MR) is 76.4 cm³/mol. The van der Waals surface area contributed by atoms with Crippen molar-refractivity contribution in [2.45, 2.75) is 17.1 Å². The van der Waals surface area contributed by atoms with E-state index in [2.05, 4.69) is 0 Å². The highest BCUT2D eigenvalue weighted by molar-refractivity contribution is 7.99. The molecule has 0 saturated carbocycles. The van der Waals surface area contributed by atoms with E-state index in [4.69, 9.17) is 32.7 Å². The summed E-state index contributed by atoms with van der Waals surface area (Å²) in [5, 5.41) is 9.73. The van der Waals surface area contributed by atoms with E-state index in [-0.39, 0.29) is 11.0 Å². The highest BCUT2D eigenvalue weighted by Crippen LogP contribution is 2.41. The Hall–Kier alpha value is -1.10. The van der Waals surface area contributed by atoms with Gasteiger partial charge in [0, 0.05) is 4.90 Å². The predicted octanol–water partition coefficient (Wildman–Crippen LogP) is 5.14. The Morgan fingerprint density at radius 1 is 1.32 bits per heavy atom. The number of carboxylic acids is 1. The third-order valence-corrected chi connectivity index (χ3v) is 4.57. The van der Waals surface area contributed by atoms with Crippen molar-refractivity contribution < 1.29 is 14.3 Å². The van der Waals surface area contributed by atoms with Gasteiger partial charge in [-0.1, -0.05) is 29.3 Å². The van der Waals surface area contributed by atoms with Gasteiger partial charge in [0.25, 0.3) is 0 Å². The summed E-state index contributed by atoms with van der Waals surface area (Å²) in [5.74, 6) is -0.567. The maximum atomic E-state index is 10.8. The van der Waals surface area contributed by atoms with Crippen LogP contribution < -0.4 is 0 Å². The fourth-order valence-electron chi connectivity index (χ4n) is 1.51. The minimum Gasteiger partial charge on any atom is -0.475 e. The first-order chi connectivity index (χ1) is 8.99. The van der Waals surface area contributed by atoms with Crippen LogP contribution >= 0.6 is 35.0 Å². The quantitative estimate of drug-likeness (QED) is 0.793. The van der Waals surface area contributed by atoms with Gasteiger partial charge in [-0.2, -0.15) is 0 Å². The Morgan fingerprint density at radius 3 is 2.68 bits per heavy atom. The zero-order chi connectivity index (χ0) is 14.0. The third-order valence-electron chi connectivity index (χ3n) is 2.46. The van der Waals surface area contributed by atoms with Gasteiger partial charge in [0.1, 0.15) is 5.76 Å². The first-order valence-electron chi connectivity index (χ1n) is 5.42. The van der Waals surface area contributed by atoms with E-state index in [1.807, 2.05) is 19.1 Å². The molecule has 0 radical (unpaired) electrons. The normalized spacial score (nSPS) is 12.4. The largest absolute Gasteiger partial charge is 0.475 e. The van der Waals surface area contributed by atoms with E-state index in [9.17, 15) is 4.79 Å². The summed E-state index contributed by atoms with van der Waals surface area (Å²) >= 11 is 13.5. The van der Waals surface area contributed by atoms with Gasteiger partial charge in [0.15, 0.2) is 0 Å². The number of carbonyl (C=O) groups is 1. The molecule has 2 rings (SSSR count). The molecule has 1 unspecified atom stereocenters. The Morgan fingerprint density at radius 2 is 2.05 bits per heavy atom. The van der Waals surface area contributed by atoms with E-state index in [1.54, 1.807) is 12.1 Å². The van der Waals surface area contributed by atoms with Crippen molar-refractivity contribution in [2.24, 2.45) is 0 Å². The minimum atomic E-state index is -1.08. The molecule has 1 heterocycles. The van der Waals surface area contributed by atoms with Gasteiger partial charge in [0.05, 0.1) is 15.3 Å². The summed E-state index contributed by atoms with van der Waals surface area (Å²) in [4.78, 5) is 11.6. The lowest BCUT2D eigenvalue weighted by Gasteiger charge is -2.10. The highest BCUT2D eigenvalue weighted by Gasteiger charge is 2.17. The molecule has 0 bridgehead atoms. The first-order valence-corrected chi connectivity index (χ1v) is 7.06. The third kappa shape index (κ3) is 3.26. The molecule has 0 saturated heterocycles. The molecule has 2 aromatic rings. The summed E-state index contributed by atoms with van der Waals surface area (Å²) in [5.41, 5.74) is 0. The van der Waals surface area contributed by atoms with E-state index in [0.29, 0.717) is 15.8 Å². The number of rotatable bonds is 4. The summed E-state index contributed by atoms with van der Waals surface area (Å²) in [6.07, 6.45) is 0. The van der Waals surface area contributed by atoms with E-state index in [1.165, 1.54) is 17.8 Å². The molecule has 0 aliphatic carbocycles. The average molecular weight is 317 g/mol. The SMILES string of the molecule is CC(Sc1cccc(Cl)c1Cl)c1ccc(C(=O)O)o1. The Balaban J connectivity index is 2.18. The van der Waals surface area contributed by atoms with Gasteiger partial charge in [0.2, 0.25) is 5.76 Å². The van der Waals surface area contributed by atoms with Crippen molar-refractivity contribution in [1.29, 1.82) is 0 Å². The monoisotopic (exact) mass is 316 g/mol. The van der Waals surface area contributed by atoms with Crippen LogP contribution in [0.1, 0.15) is 28.5 Å². The summed E-state index contributed by atoms with van der Waals surface area (Å²) in [6.45, 7) is 1.91. The second-order valence-electron chi connectivity index (χ2n) is 3.82. The van der Waals surface area contributed by atoms with Crippen molar-refractivity contribution in [3.63, 3.8) is 0 Å². The van der Waals surface area contributed by atoms with Crippen LogP contribution in [0.5, 0.6) is 0 Å². The maximum absolute atomic E-state index is 10.8. The fraction of sp³-hybridized carbons (Fsp3) is 0.154. The molecule has 100 valence electrons. The van der Waals surface area contributed by atoms with Crippen molar-refractivity contribution >= 4 is 40.9 Å². The molecule has 3 nitrogen and oxygen atoms in total. The van der Waals surface area contributed by atoms with Gasteiger partial charge in [-0.25, -0.2) is 4.79 Å². The lowest BCUT2D eigenvalue weighted by molar-refractivity contribution is 0.0660. The van der Waals surface area contributed by atoms with Gasteiger partial charge in [-0.15, -0.1) is 11.8 Å². The number of benzene rings is 1. The lowest BCUT2D eigenvalue weighted by atomic mass is 10.3. The zero-order valence-corrected chi connectivity index (χ0v) is 12.2. The molecule has 1 N–H and O–H groups in total. The topological polar surface area (TPSA) is 50.4 Å². The second kappa shape index (κ2) is 5.90. The minimum absolute atomic E-state index is 0.0657. The number of thioether (sulfide) groups is 1. The average Bonchev–Trinajstić information content (AvgIpc) is 2.84. The van der Waals surface area contributed by atoms with E-state index < -0.39 is 5.97 Å². The number of furan rings is 1. The number of carboxylic acid groups (broad SMARTS) is 1. The van der Waals surface area contributed by atoms with Crippen molar-refractivity contribution in [1.82, 2.24) is 0 Å². The van der Waals surface area contributed by atoms with Crippen LogP contribution in [0.3, 0.4) is 0 Å². The van der Waals surface area contributed by atoms with Crippen LogP contribution in [0.25, 0.3) is 0 Å². The first kappa shape index (κ1) is 14.3. The molecular weight excluding hydrogens is 307 g/mol. The molecule has 0 aliphatic heterocycles. The second-order valence-corrected chi connectivity index (χ2v) is 5.99. The maximum Gasteiger partial charge on any atom is 0.371 e. The van der Waals surface area contributed by atoms with Crippen LogP contribution in [0.2, 0.25) is 10.0 Å². The molecule has 0 spiro atoms. The van der Waals surface area contributed by atoms with Gasteiger partial charge >= 0.3 is 5.97 Å². The number of halogens is 2. The standard InChI is InChI=1S/C13H10Cl2O3S/c1-7(9-5-6-10(18-9)13(16)17)19-11-4-2-3-8(14)12(11)15/h2-7H,1H3,(H,16,17). The molecule has 0 fully saturated rings. The molecular formula is C13H10Cl2O3S. The molecule has 19 heavy (non-hydrogen) atoms. The Labute approximate surface area is 124 Å². The van der Waals surface area contributed by atoms with Crippen molar-refractivity contribution in [2.75, 3.05) is 0 Å². The highest BCUT2D eigenvalue weighted by atomic mass is 35.5. The molecule has 1 atom stereocenters. The Kier molecular flexibility index (Phi) is 4.45. The van der Waals surface area contributed by atoms with Crippen LogP contribution in [0, 0.1) is 0 Å². The number of hydrogen-bond donors (Lipinski definition) is 1. The molecule has 1 aromatic carbocycles. The number of hydrogen-bond acceptors (Lipinski definition) is 3. The summed E-state index contributed by atoms with van der Waals surface area (Å²) in [7, 11) is 0. The fourth-order valence-corrected chi connectivity index (χ4v) is 2.99. The van der Waals surface area contributed by atoms with Gasteiger partial charge < -0.3 is 9.52 Å². The van der Waals surface area contributed by atoms with E-state index in [0.717, 1.165) is 4.90 Å². The smallest absolute Gasteiger partial charge is 0.371 e.